The molecule has 0 heterocycles. The molecule has 0 spiro atoms. The average Bonchev–Trinajstić information content (AvgIpc) is 3.10. The van der Waals surface area contributed by atoms with E-state index in [4.69, 9.17) is 29.4 Å². The maximum Gasteiger partial charge on any atom is 0.472 e. The summed E-state index contributed by atoms with van der Waals surface area (Å²) in [5, 5.41) is 8.97. The van der Waals surface area contributed by atoms with Gasteiger partial charge in [-0.1, -0.05) is 185 Å². The summed E-state index contributed by atoms with van der Waals surface area (Å²) in [6, 6.07) is -1.42. The van der Waals surface area contributed by atoms with Gasteiger partial charge in [0.1, 0.15) is 12.1 Å². The van der Waals surface area contributed by atoms with Crippen molar-refractivity contribution in [1.82, 2.24) is 0 Å². The summed E-state index contributed by atoms with van der Waals surface area (Å²) in [7, 11) is -4.51. The van der Waals surface area contributed by atoms with E-state index in [2.05, 4.69) is 69.2 Å². The van der Waals surface area contributed by atoms with Crippen LogP contribution in [-0.4, -0.2) is 61.1 Å². The molecular weight excluding hydrogens is 725 g/mol. The van der Waals surface area contributed by atoms with E-state index < -0.39 is 32.5 Å². The summed E-state index contributed by atoms with van der Waals surface area (Å²) in [6.07, 6.45) is 24.7. The second-order valence-corrected chi connectivity index (χ2v) is 20.6. The van der Waals surface area contributed by atoms with Crippen molar-refractivity contribution in [3.63, 3.8) is 0 Å². The molecule has 0 aliphatic rings. The Morgan fingerprint density at radius 3 is 1.18 bits per heavy atom. The number of hydrogen-bond acceptors (Lipinski definition) is 7. The molecule has 9 nitrogen and oxygen atoms in total. The van der Waals surface area contributed by atoms with Gasteiger partial charge >= 0.3 is 13.8 Å². The molecule has 0 rings (SSSR count). The normalized spacial score (nSPS) is 17.7. The van der Waals surface area contributed by atoms with E-state index in [0.717, 1.165) is 54.8 Å². The van der Waals surface area contributed by atoms with E-state index >= 15 is 0 Å². The van der Waals surface area contributed by atoms with Crippen molar-refractivity contribution in [1.29, 1.82) is 0 Å². The zero-order valence-electron chi connectivity index (χ0n) is 38.3. The largest absolute Gasteiger partial charge is 0.480 e. The molecule has 0 radical (unpaired) electrons. The molecule has 0 amide bonds. The van der Waals surface area contributed by atoms with E-state index in [1.807, 2.05) is 0 Å². The fourth-order valence-corrected chi connectivity index (χ4v) is 8.19. The fraction of sp³-hybridized carbons (Fsp3) is 0.978. The second kappa shape index (κ2) is 34.2. The van der Waals surface area contributed by atoms with Crippen LogP contribution < -0.4 is 5.73 Å². The van der Waals surface area contributed by atoms with E-state index in [1.165, 1.54) is 109 Å². The summed E-state index contributed by atoms with van der Waals surface area (Å²) in [5.41, 5.74) is 5.42. The number of carboxylic acid groups (broad SMARTS) is 1. The molecule has 0 saturated heterocycles. The molecule has 0 bridgehead atoms. The molecule has 0 aromatic rings. The van der Waals surface area contributed by atoms with Gasteiger partial charge in [0.25, 0.3) is 0 Å². The predicted octanol–water partition coefficient (Wildman–Crippen LogP) is 12.9. The van der Waals surface area contributed by atoms with Crippen LogP contribution in [0.5, 0.6) is 0 Å². The van der Waals surface area contributed by atoms with E-state index in [0.29, 0.717) is 25.0 Å². The Bertz CT molecular complexity index is 967. The highest BCUT2D eigenvalue weighted by atomic mass is 31.2. The van der Waals surface area contributed by atoms with Crippen molar-refractivity contribution in [3.8, 4) is 0 Å². The number of carbonyl (C=O) groups is 1. The minimum atomic E-state index is -4.51. The van der Waals surface area contributed by atoms with Gasteiger partial charge in [-0.3, -0.25) is 13.8 Å². The van der Waals surface area contributed by atoms with Crippen LogP contribution >= 0.6 is 7.82 Å². The third-order valence-electron chi connectivity index (χ3n) is 11.7. The standard InChI is InChI=1S/C46H94NO8P/c1-36(2)17-11-19-38(5)21-13-23-40(7)25-15-27-42(9)29-31-52-33-44(34-54-56(50,51)55-35-45(47)46(48)49)53-32-30-43(10)28-16-26-41(8)24-14-22-39(6)20-12-18-37(3)4/h36-45H,11-35,47H2,1-10H3,(H,48,49)(H,50,51)/t38?,39?,40?,41?,42?,43?,44-,45-/m0/s1. The topological polar surface area (TPSA) is 138 Å². The third kappa shape index (κ3) is 35.4. The second-order valence-electron chi connectivity index (χ2n) is 19.2. The average molecular weight is 820 g/mol. The van der Waals surface area contributed by atoms with Crippen LogP contribution in [0.15, 0.2) is 0 Å². The Labute approximate surface area is 346 Å². The Kier molecular flexibility index (Phi) is 33.9. The van der Waals surface area contributed by atoms with Gasteiger partial charge in [0.2, 0.25) is 0 Å². The Morgan fingerprint density at radius 2 is 0.821 bits per heavy atom. The summed E-state index contributed by atoms with van der Waals surface area (Å²) in [6.45, 7) is 23.9. The summed E-state index contributed by atoms with van der Waals surface area (Å²) >= 11 is 0. The fourth-order valence-electron chi connectivity index (χ4n) is 7.41. The van der Waals surface area contributed by atoms with Crippen molar-refractivity contribution in [2.75, 3.05) is 33.0 Å². The number of phosphoric acid groups is 1. The van der Waals surface area contributed by atoms with Gasteiger partial charge in [0.05, 0.1) is 19.8 Å². The third-order valence-corrected chi connectivity index (χ3v) is 12.7. The molecule has 0 aliphatic heterocycles. The maximum atomic E-state index is 12.4. The first-order chi connectivity index (χ1) is 26.4. The number of ether oxygens (including phenoxy) is 2. The highest BCUT2D eigenvalue weighted by Crippen LogP contribution is 2.43. The number of hydrogen-bond donors (Lipinski definition) is 3. The lowest BCUT2D eigenvalue weighted by atomic mass is 9.91. The first kappa shape index (κ1) is 55.5. The van der Waals surface area contributed by atoms with Gasteiger partial charge in [-0.2, -0.15) is 0 Å². The predicted molar refractivity (Wildman–Crippen MR) is 235 cm³/mol. The SMILES string of the molecule is CC(C)CCCC(C)CCCC(C)CCCC(C)CCOC[C@@H](COP(=O)(O)OC[C@H](N)C(=O)O)OCCC(C)CCCC(C)CCCC(C)CCCC(C)C. The van der Waals surface area contributed by atoms with Crippen molar-refractivity contribution in [3.05, 3.63) is 0 Å². The lowest BCUT2D eigenvalue weighted by Gasteiger charge is -2.22. The summed E-state index contributed by atoms with van der Waals surface area (Å²) in [5.74, 6) is 4.54. The number of rotatable bonds is 40. The molecule has 9 atom stereocenters. The van der Waals surface area contributed by atoms with Crippen LogP contribution in [0.4, 0.5) is 0 Å². The van der Waals surface area contributed by atoms with Gasteiger partial charge in [-0.25, -0.2) is 4.57 Å². The van der Waals surface area contributed by atoms with Gasteiger partial charge in [0, 0.05) is 13.2 Å². The smallest absolute Gasteiger partial charge is 0.472 e. The Hall–Kier alpha value is -0.540. The lowest BCUT2D eigenvalue weighted by Crippen LogP contribution is -2.34. The zero-order valence-corrected chi connectivity index (χ0v) is 39.2. The zero-order chi connectivity index (χ0) is 42.4. The molecule has 10 heteroatoms. The van der Waals surface area contributed by atoms with Gasteiger partial charge < -0.3 is 25.2 Å². The maximum absolute atomic E-state index is 12.4. The number of phosphoric ester groups is 1. The highest BCUT2D eigenvalue weighted by molar-refractivity contribution is 7.47. The van der Waals surface area contributed by atoms with Crippen LogP contribution in [0.3, 0.4) is 0 Å². The van der Waals surface area contributed by atoms with Crippen LogP contribution in [0.2, 0.25) is 0 Å². The summed E-state index contributed by atoms with van der Waals surface area (Å²) in [4.78, 5) is 21.1. The molecule has 0 aliphatic carbocycles. The van der Waals surface area contributed by atoms with E-state index in [1.54, 1.807) is 0 Å². The van der Waals surface area contributed by atoms with E-state index in [-0.39, 0.29) is 13.2 Å². The monoisotopic (exact) mass is 820 g/mol. The van der Waals surface area contributed by atoms with E-state index in [9.17, 15) is 14.3 Å². The quantitative estimate of drug-likeness (QED) is 0.0407. The lowest BCUT2D eigenvalue weighted by molar-refractivity contribution is -0.139. The number of carboxylic acids is 1. The minimum absolute atomic E-state index is 0.206. The van der Waals surface area contributed by atoms with Crippen molar-refractivity contribution >= 4 is 13.8 Å². The molecule has 0 saturated carbocycles. The number of nitrogens with two attached hydrogens (primary N) is 1. The molecule has 7 unspecified atom stereocenters. The number of aliphatic carboxylic acids is 1. The van der Waals surface area contributed by atoms with Crippen LogP contribution in [0.25, 0.3) is 0 Å². The molecule has 0 aromatic heterocycles. The summed E-state index contributed by atoms with van der Waals surface area (Å²) < 4.78 is 34.6. The van der Waals surface area contributed by atoms with Crippen molar-refractivity contribution in [2.24, 2.45) is 53.1 Å². The van der Waals surface area contributed by atoms with Crippen LogP contribution in [0, 0.1) is 47.3 Å². The van der Waals surface area contributed by atoms with Crippen molar-refractivity contribution < 1.29 is 37.9 Å². The molecule has 4 N–H and O–H groups in total. The van der Waals surface area contributed by atoms with Crippen molar-refractivity contribution in [2.45, 2.75) is 210 Å². The van der Waals surface area contributed by atoms with Crippen LogP contribution in [-0.2, 0) is 27.9 Å². The molecule has 336 valence electrons. The molecule has 0 fully saturated rings. The highest BCUT2D eigenvalue weighted by Gasteiger charge is 2.27. The first-order valence-corrected chi connectivity index (χ1v) is 24.7. The van der Waals surface area contributed by atoms with Gasteiger partial charge in [-0.15, -0.1) is 0 Å². The first-order valence-electron chi connectivity index (χ1n) is 23.2. The Balaban J connectivity index is 4.56. The van der Waals surface area contributed by atoms with Crippen LogP contribution in [0.1, 0.15) is 198 Å². The molecule has 56 heavy (non-hydrogen) atoms. The van der Waals surface area contributed by atoms with Gasteiger partial charge in [-0.05, 0) is 60.2 Å². The Morgan fingerprint density at radius 1 is 0.500 bits per heavy atom. The van der Waals surface area contributed by atoms with Gasteiger partial charge in [0.15, 0.2) is 0 Å². The molecular formula is C46H94NO8P. The molecule has 0 aromatic carbocycles. The minimum Gasteiger partial charge on any atom is -0.480 e.